The van der Waals surface area contributed by atoms with Crippen molar-refractivity contribution in [2.75, 3.05) is 6.54 Å². The van der Waals surface area contributed by atoms with Crippen LogP contribution in [0.3, 0.4) is 0 Å². The fourth-order valence-corrected chi connectivity index (χ4v) is 2.03. The molecular weight excluding hydrogens is 179 g/mol. The highest BCUT2D eigenvalue weighted by Crippen LogP contribution is 2.24. The van der Waals surface area contributed by atoms with Crippen LogP contribution in [0.1, 0.15) is 36.6 Å². The summed E-state index contributed by atoms with van der Waals surface area (Å²) in [5.74, 6) is -0.387. The number of nitrogens with one attached hydrogen (secondary N) is 1. The number of pyridine rings is 1. The first-order valence-corrected chi connectivity index (χ1v) is 5.14. The molecule has 1 fully saturated rings. The number of aryl methyl sites for hydroxylation is 1. The molecule has 1 N–H and O–H groups in total. The summed E-state index contributed by atoms with van der Waals surface area (Å²) in [6.45, 7) is 2.93. The van der Waals surface area contributed by atoms with Crippen molar-refractivity contribution in [1.29, 1.82) is 0 Å². The third-order valence-corrected chi connectivity index (χ3v) is 2.78. The Morgan fingerprint density at radius 1 is 1.43 bits per heavy atom. The van der Waals surface area contributed by atoms with E-state index in [1.165, 1.54) is 18.9 Å². The van der Waals surface area contributed by atoms with Crippen LogP contribution in [0.25, 0.3) is 0 Å². The lowest BCUT2D eigenvalue weighted by molar-refractivity contribution is 0.409. The van der Waals surface area contributed by atoms with Crippen molar-refractivity contribution in [3.05, 3.63) is 29.3 Å². The summed E-state index contributed by atoms with van der Waals surface area (Å²) >= 11 is 0. The third kappa shape index (κ3) is 1.93. The molecule has 1 aliphatic rings. The average molecular weight is 194 g/mol. The van der Waals surface area contributed by atoms with Crippen LogP contribution in [0.4, 0.5) is 4.39 Å². The van der Waals surface area contributed by atoms with Crippen LogP contribution >= 0.6 is 0 Å². The molecule has 1 aromatic heterocycles. The van der Waals surface area contributed by atoms with E-state index in [2.05, 4.69) is 10.3 Å². The minimum absolute atomic E-state index is 0.372. The SMILES string of the molecule is Cc1nc(F)ccc1[C@@H]1CCCCN1. The molecule has 0 saturated carbocycles. The van der Waals surface area contributed by atoms with Crippen molar-refractivity contribution in [2.24, 2.45) is 0 Å². The zero-order valence-electron chi connectivity index (χ0n) is 8.39. The van der Waals surface area contributed by atoms with Crippen molar-refractivity contribution in [2.45, 2.75) is 32.2 Å². The summed E-state index contributed by atoms with van der Waals surface area (Å²) in [5, 5.41) is 3.43. The second-order valence-electron chi connectivity index (χ2n) is 3.81. The Morgan fingerprint density at radius 2 is 2.29 bits per heavy atom. The van der Waals surface area contributed by atoms with E-state index in [1.54, 1.807) is 0 Å². The van der Waals surface area contributed by atoms with Gasteiger partial charge in [0.2, 0.25) is 5.95 Å². The fraction of sp³-hybridized carbons (Fsp3) is 0.545. The first-order valence-electron chi connectivity index (χ1n) is 5.14. The van der Waals surface area contributed by atoms with Crippen molar-refractivity contribution in [1.82, 2.24) is 10.3 Å². The highest BCUT2D eigenvalue weighted by Gasteiger charge is 2.16. The zero-order chi connectivity index (χ0) is 9.97. The van der Waals surface area contributed by atoms with Gasteiger partial charge in [-0.05, 0) is 37.9 Å². The van der Waals surface area contributed by atoms with Gasteiger partial charge in [0.1, 0.15) is 0 Å². The second kappa shape index (κ2) is 4.05. The van der Waals surface area contributed by atoms with Gasteiger partial charge < -0.3 is 5.32 Å². The first kappa shape index (κ1) is 9.59. The normalized spacial score (nSPS) is 22.3. The van der Waals surface area contributed by atoms with Crippen molar-refractivity contribution in [3.63, 3.8) is 0 Å². The third-order valence-electron chi connectivity index (χ3n) is 2.78. The van der Waals surface area contributed by atoms with Gasteiger partial charge in [0, 0.05) is 11.7 Å². The Hall–Kier alpha value is -0.960. The van der Waals surface area contributed by atoms with Gasteiger partial charge >= 0.3 is 0 Å². The Kier molecular flexibility index (Phi) is 2.77. The summed E-state index contributed by atoms with van der Waals surface area (Å²) in [7, 11) is 0. The van der Waals surface area contributed by atoms with E-state index in [9.17, 15) is 4.39 Å². The molecule has 0 spiro atoms. The zero-order valence-corrected chi connectivity index (χ0v) is 8.39. The number of rotatable bonds is 1. The maximum Gasteiger partial charge on any atom is 0.213 e. The maximum absolute atomic E-state index is 12.8. The molecule has 3 heteroatoms. The van der Waals surface area contributed by atoms with E-state index in [-0.39, 0.29) is 5.95 Å². The van der Waals surface area contributed by atoms with Gasteiger partial charge in [0.25, 0.3) is 0 Å². The quantitative estimate of drug-likeness (QED) is 0.694. The average Bonchev–Trinajstić information content (AvgIpc) is 2.19. The van der Waals surface area contributed by atoms with Gasteiger partial charge in [-0.3, -0.25) is 0 Å². The van der Waals surface area contributed by atoms with Crippen LogP contribution in [0, 0.1) is 12.9 Å². The highest BCUT2D eigenvalue weighted by atomic mass is 19.1. The van der Waals surface area contributed by atoms with E-state index in [0.29, 0.717) is 6.04 Å². The van der Waals surface area contributed by atoms with Gasteiger partial charge in [-0.25, -0.2) is 4.98 Å². The standard InChI is InChI=1S/C11H15FN2/c1-8-9(5-6-11(12)14-8)10-4-2-3-7-13-10/h5-6,10,13H,2-4,7H2,1H3/t10-/m0/s1. The molecule has 2 nitrogen and oxygen atoms in total. The smallest absolute Gasteiger partial charge is 0.213 e. The van der Waals surface area contributed by atoms with Crippen LogP contribution in [0.2, 0.25) is 0 Å². The van der Waals surface area contributed by atoms with E-state index >= 15 is 0 Å². The van der Waals surface area contributed by atoms with E-state index in [4.69, 9.17) is 0 Å². The van der Waals surface area contributed by atoms with Crippen LogP contribution in [-0.4, -0.2) is 11.5 Å². The fourth-order valence-electron chi connectivity index (χ4n) is 2.03. The van der Waals surface area contributed by atoms with Gasteiger partial charge in [-0.1, -0.05) is 12.5 Å². The monoisotopic (exact) mass is 194 g/mol. The number of halogens is 1. The van der Waals surface area contributed by atoms with Gasteiger partial charge in [-0.2, -0.15) is 4.39 Å². The Bertz CT molecular complexity index is 319. The molecule has 2 heterocycles. The molecule has 1 saturated heterocycles. The lowest BCUT2D eigenvalue weighted by Crippen LogP contribution is -2.27. The predicted molar refractivity (Wildman–Crippen MR) is 53.5 cm³/mol. The predicted octanol–water partition coefficient (Wildman–Crippen LogP) is 2.34. The minimum Gasteiger partial charge on any atom is -0.310 e. The Balaban J connectivity index is 2.22. The van der Waals surface area contributed by atoms with Crippen LogP contribution in [0.15, 0.2) is 12.1 Å². The van der Waals surface area contributed by atoms with Crippen molar-refractivity contribution < 1.29 is 4.39 Å². The largest absolute Gasteiger partial charge is 0.310 e. The van der Waals surface area contributed by atoms with Crippen molar-refractivity contribution in [3.8, 4) is 0 Å². The summed E-state index contributed by atoms with van der Waals surface area (Å²) in [4.78, 5) is 3.84. The molecule has 14 heavy (non-hydrogen) atoms. The lowest BCUT2D eigenvalue weighted by atomic mass is 9.97. The number of nitrogens with zero attached hydrogens (tertiary/aromatic N) is 1. The lowest BCUT2D eigenvalue weighted by Gasteiger charge is -2.24. The molecule has 0 amide bonds. The van der Waals surface area contributed by atoms with Crippen molar-refractivity contribution >= 4 is 0 Å². The second-order valence-corrected chi connectivity index (χ2v) is 3.81. The summed E-state index contributed by atoms with van der Waals surface area (Å²) in [6.07, 6.45) is 3.62. The molecule has 0 aliphatic carbocycles. The summed E-state index contributed by atoms with van der Waals surface area (Å²) in [6, 6.07) is 3.66. The number of piperidine rings is 1. The molecule has 0 bridgehead atoms. The van der Waals surface area contributed by atoms with Gasteiger partial charge in [0.15, 0.2) is 0 Å². The molecule has 1 aromatic rings. The molecule has 2 rings (SSSR count). The molecule has 1 atom stereocenters. The Morgan fingerprint density at radius 3 is 2.93 bits per heavy atom. The van der Waals surface area contributed by atoms with Crippen LogP contribution in [0.5, 0.6) is 0 Å². The maximum atomic E-state index is 12.8. The number of hydrogen-bond donors (Lipinski definition) is 1. The van der Waals surface area contributed by atoms with E-state index in [1.807, 2.05) is 13.0 Å². The van der Waals surface area contributed by atoms with Crippen LogP contribution in [-0.2, 0) is 0 Å². The van der Waals surface area contributed by atoms with E-state index < -0.39 is 0 Å². The first-order chi connectivity index (χ1) is 6.77. The molecule has 0 aromatic carbocycles. The number of hydrogen-bond acceptors (Lipinski definition) is 2. The summed E-state index contributed by atoms with van der Waals surface area (Å²) in [5.41, 5.74) is 1.95. The number of aromatic nitrogens is 1. The summed E-state index contributed by atoms with van der Waals surface area (Å²) < 4.78 is 12.8. The topological polar surface area (TPSA) is 24.9 Å². The Labute approximate surface area is 83.6 Å². The molecule has 76 valence electrons. The molecular formula is C11H15FN2. The molecule has 0 unspecified atom stereocenters. The molecule has 1 aliphatic heterocycles. The van der Waals surface area contributed by atoms with Gasteiger partial charge in [-0.15, -0.1) is 0 Å². The van der Waals surface area contributed by atoms with E-state index in [0.717, 1.165) is 24.2 Å². The molecule has 0 radical (unpaired) electrons. The van der Waals surface area contributed by atoms with Gasteiger partial charge in [0.05, 0.1) is 0 Å². The minimum atomic E-state index is -0.387. The van der Waals surface area contributed by atoms with Crippen LogP contribution < -0.4 is 5.32 Å². The highest BCUT2D eigenvalue weighted by molar-refractivity contribution is 5.23.